The lowest BCUT2D eigenvalue weighted by Crippen LogP contribution is -2.28. The molecule has 0 saturated heterocycles. The SMILES string of the molecule is C#CCCC(NN)c1ccnnc1. The van der Waals surface area contributed by atoms with Gasteiger partial charge in [-0.25, -0.2) is 0 Å². The van der Waals surface area contributed by atoms with E-state index in [2.05, 4.69) is 21.5 Å². The number of rotatable bonds is 4. The van der Waals surface area contributed by atoms with Crippen LogP contribution < -0.4 is 11.3 Å². The molecule has 4 heteroatoms. The lowest BCUT2D eigenvalue weighted by molar-refractivity contribution is 0.521. The van der Waals surface area contributed by atoms with Crippen molar-refractivity contribution in [3.05, 3.63) is 24.0 Å². The third-order valence-electron chi connectivity index (χ3n) is 1.79. The van der Waals surface area contributed by atoms with Gasteiger partial charge in [-0.3, -0.25) is 11.3 Å². The zero-order valence-electron chi connectivity index (χ0n) is 7.27. The summed E-state index contributed by atoms with van der Waals surface area (Å²) < 4.78 is 0. The van der Waals surface area contributed by atoms with Crippen molar-refractivity contribution in [2.75, 3.05) is 0 Å². The summed E-state index contributed by atoms with van der Waals surface area (Å²) in [5, 5.41) is 7.45. The fourth-order valence-electron chi connectivity index (χ4n) is 1.08. The molecule has 68 valence electrons. The summed E-state index contributed by atoms with van der Waals surface area (Å²) in [4.78, 5) is 0. The van der Waals surface area contributed by atoms with E-state index in [1.165, 1.54) is 0 Å². The van der Waals surface area contributed by atoms with Crippen LogP contribution in [0.25, 0.3) is 0 Å². The van der Waals surface area contributed by atoms with Gasteiger partial charge in [0.15, 0.2) is 0 Å². The smallest absolute Gasteiger partial charge is 0.0544 e. The zero-order chi connectivity index (χ0) is 9.52. The van der Waals surface area contributed by atoms with E-state index in [0.29, 0.717) is 6.42 Å². The molecule has 0 aliphatic heterocycles. The van der Waals surface area contributed by atoms with E-state index >= 15 is 0 Å². The maximum absolute atomic E-state index is 5.38. The van der Waals surface area contributed by atoms with Gasteiger partial charge in [0.25, 0.3) is 0 Å². The molecule has 0 aliphatic carbocycles. The molecule has 0 saturated carbocycles. The normalized spacial score (nSPS) is 12.0. The summed E-state index contributed by atoms with van der Waals surface area (Å²) in [6.45, 7) is 0. The quantitative estimate of drug-likeness (QED) is 0.396. The van der Waals surface area contributed by atoms with Crippen LogP contribution in [-0.2, 0) is 0 Å². The molecule has 3 N–H and O–H groups in total. The average Bonchev–Trinajstić information content (AvgIpc) is 2.21. The minimum Gasteiger partial charge on any atom is -0.271 e. The molecule has 13 heavy (non-hydrogen) atoms. The number of nitrogens with one attached hydrogen (secondary N) is 1. The first-order valence-corrected chi connectivity index (χ1v) is 4.04. The summed E-state index contributed by atoms with van der Waals surface area (Å²) in [5.74, 6) is 7.95. The van der Waals surface area contributed by atoms with Crippen molar-refractivity contribution in [2.24, 2.45) is 5.84 Å². The number of aromatic nitrogens is 2. The van der Waals surface area contributed by atoms with Gasteiger partial charge in [-0.05, 0) is 18.1 Å². The molecule has 1 heterocycles. The molecule has 1 atom stereocenters. The highest BCUT2D eigenvalue weighted by Gasteiger charge is 2.07. The summed E-state index contributed by atoms with van der Waals surface area (Å²) in [7, 11) is 0. The molecule has 1 aromatic rings. The predicted molar refractivity (Wildman–Crippen MR) is 50.2 cm³/mol. The second-order valence-corrected chi connectivity index (χ2v) is 2.64. The summed E-state index contributed by atoms with van der Waals surface area (Å²) in [5.41, 5.74) is 3.70. The molecule has 0 spiro atoms. The lowest BCUT2D eigenvalue weighted by Gasteiger charge is -2.13. The number of hydrazine groups is 1. The van der Waals surface area contributed by atoms with Crippen molar-refractivity contribution in [1.82, 2.24) is 15.6 Å². The molecular formula is C9H12N4. The fourth-order valence-corrected chi connectivity index (χ4v) is 1.08. The molecule has 1 aromatic heterocycles. The van der Waals surface area contributed by atoms with E-state index < -0.39 is 0 Å². The molecule has 0 radical (unpaired) electrons. The van der Waals surface area contributed by atoms with Crippen molar-refractivity contribution in [1.29, 1.82) is 0 Å². The Morgan fingerprint density at radius 1 is 1.62 bits per heavy atom. The van der Waals surface area contributed by atoms with Crippen molar-refractivity contribution in [3.63, 3.8) is 0 Å². The average molecular weight is 176 g/mol. The molecule has 0 bridgehead atoms. The van der Waals surface area contributed by atoms with Crippen LogP contribution in [0.5, 0.6) is 0 Å². The molecular weight excluding hydrogens is 164 g/mol. The summed E-state index contributed by atoms with van der Waals surface area (Å²) in [6, 6.07) is 1.93. The molecule has 0 aromatic carbocycles. The molecule has 1 rings (SSSR count). The van der Waals surface area contributed by atoms with Gasteiger partial charge in [0.2, 0.25) is 0 Å². The third kappa shape index (κ3) is 2.82. The van der Waals surface area contributed by atoms with Crippen LogP contribution in [0.4, 0.5) is 0 Å². The number of nitrogens with two attached hydrogens (primary N) is 1. The van der Waals surface area contributed by atoms with Gasteiger partial charge < -0.3 is 0 Å². The van der Waals surface area contributed by atoms with Crippen molar-refractivity contribution in [3.8, 4) is 12.3 Å². The lowest BCUT2D eigenvalue weighted by atomic mass is 10.1. The first-order chi connectivity index (χ1) is 6.38. The van der Waals surface area contributed by atoms with Crippen LogP contribution in [0.3, 0.4) is 0 Å². The van der Waals surface area contributed by atoms with Crippen molar-refractivity contribution >= 4 is 0 Å². The highest BCUT2D eigenvalue weighted by atomic mass is 15.2. The van der Waals surface area contributed by atoms with Gasteiger partial charge in [0.1, 0.15) is 0 Å². The van der Waals surface area contributed by atoms with Gasteiger partial charge in [0.05, 0.1) is 6.20 Å². The van der Waals surface area contributed by atoms with Crippen molar-refractivity contribution in [2.45, 2.75) is 18.9 Å². The summed E-state index contributed by atoms with van der Waals surface area (Å²) >= 11 is 0. The first kappa shape index (κ1) is 9.65. The third-order valence-corrected chi connectivity index (χ3v) is 1.79. The Hall–Kier alpha value is -1.44. The van der Waals surface area contributed by atoms with Crippen LogP contribution in [-0.4, -0.2) is 10.2 Å². The van der Waals surface area contributed by atoms with E-state index in [0.717, 1.165) is 12.0 Å². The molecule has 0 aliphatic rings. The topological polar surface area (TPSA) is 63.8 Å². The first-order valence-electron chi connectivity index (χ1n) is 4.04. The van der Waals surface area contributed by atoms with E-state index in [1.807, 2.05) is 6.07 Å². The second-order valence-electron chi connectivity index (χ2n) is 2.64. The van der Waals surface area contributed by atoms with Crippen LogP contribution in [0, 0.1) is 12.3 Å². The molecule has 0 fully saturated rings. The Balaban J connectivity index is 2.63. The highest BCUT2D eigenvalue weighted by Crippen LogP contribution is 2.14. The maximum Gasteiger partial charge on any atom is 0.0544 e. The van der Waals surface area contributed by atoms with E-state index in [1.54, 1.807) is 12.4 Å². The Morgan fingerprint density at radius 3 is 3.00 bits per heavy atom. The van der Waals surface area contributed by atoms with E-state index in [4.69, 9.17) is 12.3 Å². The van der Waals surface area contributed by atoms with Crippen LogP contribution in [0.2, 0.25) is 0 Å². The second kappa shape index (κ2) is 5.25. The summed E-state index contributed by atoms with van der Waals surface area (Å²) in [6.07, 6.45) is 9.98. The van der Waals surface area contributed by atoms with E-state index in [-0.39, 0.29) is 6.04 Å². The molecule has 4 nitrogen and oxygen atoms in total. The number of terminal acetylenes is 1. The van der Waals surface area contributed by atoms with Gasteiger partial charge in [0, 0.05) is 18.7 Å². The predicted octanol–water partition coefficient (Wildman–Crippen LogP) is 0.394. The van der Waals surface area contributed by atoms with Crippen molar-refractivity contribution < 1.29 is 0 Å². The van der Waals surface area contributed by atoms with Crippen LogP contribution >= 0.6 is 0 Å². The van der Waals surface area contributed by atoms with Crippen LogP contribution in [0.1, 0.15) is 24.4 Å². The van der Waals surface area contributed by atoms with Gasteiger partial charge in [-0.1, -0.05) is 0 Å². The zero-order valence-corrected chi connectivity index (χ0v) is 7.27. The molecule has 1 unspecified atom stereocenters. The standard InChI is InChI=1S/C9H12N4/c1-2-3-4-9(13-10)8-5-6-11-12-7-8/h1,5-7,9,13H,3-4,10H2. The minimum atomic E-state index is 0.0616. The van der Waals surface area contributed by atoms with Gasteiger partial charge in [-0.2, -0.15) is 10.2 Å². The number of hydrogen-bond donors (Lipinski definition) is 2. The van der Waals surface area contributed by atoms with E-state index in [9.17, 15) is 0 Å². The minimum absolute atomic E-state index is 0.0616. The Kier molecular flexibility index (Phi) is 3.89. The fraction of sp³-hybridized carbons (Fsp3) is 0.333. The van der Waals surface area contributed by atoms with Crippen LogP contribution in [0.15, 0.2) is 18.5 Å². The Labute approximate surface area is 77.5 Å². The maximum atomic E-state index is 5.38. The highest BCUT2D eigenvalue weighted by molar-refractivity contribution is 5.11. The Morgan fingerprint density at radius 2 is 2.46 bits per heavy atom. The number of hydrogen-bond acceptors (Lipinski definition) is 4. The van der Waals surface area contributed by atoms with Gasteiger partial charge in [-0.15, -0.1) is 12.3 Å². The molecule has 0 amide bonds. The Bertz CT molecular complexity index is 277. The largest absolute Gasteiger partial charge is 0.271 e. The number of nitrogens with zero attached hydrogens (tertiary/aromatic N) is 2. The monoisotopic (exact) mass is 176 g/mol. The van der Waals surface area contributed by atoms with Gasteiger partial charge >= 0.3 is 0 Å².